The summed E-state index contributed by atoms with van der Waals surface area (Å²) in [5, 5.41) is 17.8. The summed E-state index contributed by atoms with van der Waals surface area (Å²) >= 11 is 1.56. The lowest BCUT2D eigenvalue weighted by atomic mass is 10.1. The van der Waals surface area contributed by atoms with Crippen molar-refractivity contribution in [1.29, 1.82) is 0 Å². The molecule has 0 unspecified atom stereocenters. The van der Waals surface area contributed by atoms with Gasteiger partial charge in [0, 0.05) is 17.0 Å². The number of nitro groups is 1. The van der Waals surface area contributed by atoms with Crippen LogP contribution in [0.25, 0.3) is 6.08 Å². The molecular formula is C16H15N3O3S. The van der Waals surface area contributed by atoms with Gasteiger partial charge in [0.1, 0.15) is 11.2 Å². The van der Waals surface area contributed by atoms with Gasteiger partial charge in [-0.1, -0.05) is 18.2 Å². The lowest BCUT2D eigenvalue weighted by Crippen LogP contribution is -2.43. The van der Waals surface area contributed by atoms with Gasteiger partial charge in [-0.05, 0) is 31.1 Å². The second-order valence-electron chi connectivity index (χ2n) is 5.29. The van der Waals surface area contributed by atoms with Crippen molar-refractivity contribution in [3.63, 3.8) is 0 Å². The van der Waals surface area contributed by atoms with Crippen molar-refractivity contribution < 1.29 is 9.72 Å². The monoisotopic (exact) mass is 329 g/mol. The number of nitro benzene ring substituents is 1. The molecule has 0 spiro atoms. The van der Waals surface area contributed by atoms with Crippen molar-refractivity contribution >= 4 is 34.0 Å². The van der Waals surface area contributed by atoms with E-state index in [0.29, 0.717) is 11.1 Å². The molecule has 3 rings (SSSR count). The normalized spacial score (nSPS) is 16.8. The Labute approximate surface area is 137 Å². The van der Waals surface area contributed by atoms with Gasteiger partial charge >= 0.3 is 0 Å². The molecule has 0 saturated carbocycles. The Hall–Kier alpha value is -2.67. The molecule has 1 atom stereocenters. The number of rotatable bonds is 3. The Bertz CT molecular complexity index is 826. The third-order valence-corrected chi connectivity index (χ3v) is 4.89. The predicted molar refractivity (Wildman–Crippen MR) is 90.8 cm³/mol. The van der Waals surface area contributed by atoms with Gasteiger partial charge in [-0.2, -0.15) is 0 Å². The maximum Gasteiger partial charge on any atom is 0.270 e. The molecule has 6 nitrogen and oxygen atoms in total. The number of anilines is 1. The van der Waals surface area contributed by atoms with Crippen LogP contribution < -0.4 is 10.6 Å². The number of nitrogens with zero attached hydrogens (tertiary/aromatic N) is 1. The Morgan fingerprint density at radius 3 is 2.83 bits per heavy atom. The number of carbonyl (C=O) groups is 1. The topological polar surface area (TPSA) is 84.3 Å². The van der Waals surface area contributed by atoms with Crippen molar-refractivity contribution in [3.8, 4) is 0 Å². The standard InChI is InChI=1S/C16H15N3O3S/c1-9-10(2)23-16-14(9)15(20)17-13(18-16)7-6-11-4-3-5-12(8-11)19(21)22/h3-8,13,18H,1-2H3,(H,17,20)/b7-6+/t13-/m0/s1. The number of benzene rings is 1. The smallest absolute Gasteiger partial charge is 0.270 e. The van der Waals surface area contributed by atoms with Crippen molar-refractivity contribution in [2.24, 2.45) is 0 Å². The van der Waals surface area contributed by atoms with Crippen LogP contribution in [0.4, 0.5) is 10.7 Å². The van der Waals surface area contributed by atoms with Crippen LogP contribution in [0.5, 0.6) is 0 Å². The first kappa shape index (κ1) is 15.2. The summed E-state index contributed by atoms with van der Waals surface area (Å²) in [6.07, 6.45) is 3.19. The summed E-state index contributed by atoms with van der Waals surface area (Å²) < 4.78 is 0. The summed E-state index contributed by atoms with van der Waals surface area (Å²) in [5.74, 6) is -0.103. The third kappa shape index (κ3) is 2.95. The number of amides is 1. The van der Waals surface area contributed by atoms with Crippen molar-refractivity contribution in [2.75, 3.05) is 5.32 Å². The van der Waals surface area contributed by atoms with Gasteiger partial charge in [0.05, 0.1) is 10.5 Å². The van der Waals surface area contributed by atoms with Crippen LogP contribution in [0, 0.1) is 24.0 Å². The summed E-state index contributed by atoms with van der Waals surface area (Å²) in [4.78, 5) is 23.7. The van der Waals surface area contributed by atoms with E-state index in [-0.39, 0.29) is 17.8 Å². The first-order valence-corrected chi connectivity index (χ1v) is 7.87. The van der Waals surface area contributed by atoms with E-state index in [4.69, 9.17) is 0 Å². The number of nitrogens with one attached hydrogen (secondary N) is 2. The molecule has 0 fully saturated rings. The number of hydrogen-bond acceptors (Lipinski definition) is 5. The van der Waals surface area contributed by atoms with Gasteiger partial charge in [-0.15, -0.1) is 11.3 Å². The maximum absolute atomic E-state index is 12.2. The fraction of sp³-hybridized carbons (Fsp3) is 0.188. The molecule has 0 saturated heterocycles. The zero-order valence-corrected chi connectivity index (χ0v) is 13.4. The number of aryl methyl sites for hydroxylation is 1. The van der Waals surface area contributed by atoms with Crippen LogP contribution >= 0.6 is 11.3 Å². The quantitative estimate of drug-likeness (QED) is 0.667. The molecule has 1 aromatic carbocycles. The minimum Gasteiger partial charge on any atom is -0.353 e. The van der Waals surface area contributed by atoms with E-state index < -0.39 is 4.92 Å². The second-order valence-corrected chi connectivity index (χ2v) is 6.52. The van der Waals surface area contributed by atoms with Gasteiger partial charge in [0.25, 0.3) is 11.6 Å². The average molecular weight is 329 g/mol. The molecule has 118 valence electrons. The van der Waals surface area contributed by atoms with Crippen LogP contribution in [-0.2, 0) is 0 Å². The van der Waals surface area contributed by atoms with Crippen LogP contribution in [0.15, 0.2) is 30.3 Å². The van der Waals surface area contributed by atoms with Gasteiger partial charge < -0.3 is 10.6 Å². The highest BCUT2D eigenvalue weighted by atomic mass is 32.1. The molecular weight excluding hydrogens is 314 g/mol. The molecule has 1 aliphatic rings. The van der Waals surface area contributed by atoms with Crippen molar-refractivity contribution in [1.82, 2.24) is 5.32 Å². The van der Waals surface area contributed by atoms with Crippen LogP contribution in [0.2, 0.25) is 0 Å². The lowest BCUT2D eigenvalue weighted by Gasteiger charge is -2.23. The summed E-state index contributed by atoms with van der Waals surface area (Å²) in [5.41, 5.74) is 2.45. The highest BCUT2D eigenvalue weighted by Crippen LogP contribution is 2.34. The number of thiophene rings is 1. The van der Waals surface area contributed by atoms with Crippen LogP contribution in [0.1, 0.15) is 26.4 Å². The average Bonchev–Trinajstić information content (AvgIpc) is 2.80. The van der Waals surface area contributed by atoms with E-state index in [1.165, 1.54) is 12.1 Å². The molecule has 0 aliphatic carbocycles. The Balaban J connectivity index is 1.80. The highest BCUT2D eigenvalue weighted by Gasteiger charge is 2.26. The van der Waals surface area contributed by atoms with E-state index in [1.54, 1.807) is 35.6 Å². The van der Waals surface area contributed by atoms with Gasteiger partial charge in [0.2, 0.25) is 0 Å². The van der Waals surface area contributed by atoms with Crippen LogP contribution in [0.3, 0.4) is 0 Å². The number of non-ortho nitro benzene ring substituents is 1. The molecule has 23 heavy (non-hydrogen) atoms. The first-order chi connectivity index (χ1) is 11.0. The number of hydrogen-bond donors (Lipinski definition) is 2. The van der Waals surface area contributed by atoms with Crippen LogP contribution in [-0.4, -0.2) is 17.0 Å². The lowest BCUT2D eigenvalue weighted by molar-refractivity contribution is -0.384. The fourth-order valence-corrected chi connectivity index (χ4v) is 3.53. The van der Waals surface area contributed by atoms with E-state index in [2.05, 4.69) is 10.6 Å². The molecule has 1 amide bonds. The molecule has 7 heteroatoms. The third-order valence-electron chi connectivity index (χ3n) is 3.75. The van der Waals surface area contributed by atoms with E-state index >= 15 is 0 Å². The minimum atomic E-state index is -0.429. The molecule has 0 bridgehead atoms. The number of fused-ring (bicyclic) bond motifs is 1. The highest BCUT2D eigenvalue weighted by molar-refractivity contribution is 7.16. The van der Waals surface area contributed by atoms with E-state index in [9.17, 15) is 14.9 Å². The minimum absolute atomic E-state index is 0.0413. The van der Waals surface area contributed by atoms with E-state index in [1.807, 2.05) is 13.8 Å². The zero-order valence-electron chi connectivity index (χ0n) is 12.6. The second kappa shape index (κ2) is 5.85. The van der Waals surface area contributed by atoms with E-state index in [0.717, 1.165) is 15.4 Å². The largest absolute Gasteiger partial charge is 0.353 e. The summed E-state index contributed by atoms with van der Waals surface area (Å²) in [6, 6.07) is 6.35. The van der Waals surface area contributed by atoms with Gasteiger partial charge in [0.15, 0.2) is 0 Å². The maximum atomic E-state index is 12.2. The zero-order chi connectivity index (χ0) is 16.6. The SMILES string of the molecule is Cc1sc2c(c1C)C(=O)N[C@H](/C=C/c1cccc([N+](=O)[O-])c1)N2. The molecule has 2 aromatic rings. The molecule has 1 aliphatic heterocycles. The first-order valence-electron chi connectivity index (χ1n) is 7.06. The number of carbonyl (C=O) groups excluding carboxylic acids is 1. The summed E-state index contributed by atoms with van der Waals surface area (Å²) in [7, 11) is 0. The Morgan fingerprint density at radius 2 is 2.09 bits per heavy atom. The van der Waals surface area contributed by atoms with Crippen molar-refractivity contribution in [3.05, 3.63) is 62.0 Å². The summed E-state index contributed by atoms with van der Waals surface area (Å²) in [6.45, 7) is 3.92. The Kier molecular flexibility index (Phi) is 3.87. The molecule has 1 aromatic heterocycles. The molecule has 2 heterocycles. The molecule has 0 radical (unpaired) electrons. The Morgan fingerprint density at radius 1 is 1.30 bits per heavy atom. The fourth-order valence-electron chi connectivity index (χ4n) is 2.44. The van der Waals surface area contributed by atoms with Gasteiger partial charge in [-0.3, -0.25) is 14.9 Å². The molecule has 2 N–H and O–H groups in total. The predicted octanol–water partition coefficient (Wildman–Crippen LogP) is 3.47. The van der Waals surface area contributed by atoms with Crippen molar-refractivity contribution in [2.45, 2.75) is 20.0 Å². The van der Waals surface area contributed by atoms with Gasteiger partial charge in [-0.25, -0.2) is 0 Å².